The Hall–Kier alpha value is -9.50. The summed E-state index contributed by atoms with van der Waals surface area (Å²) in [6.45, 7) is 0. The molecule has 0 fully saturated rings. The maximum Gasteiger partial charge on any atom is 0.0727 e. The number of benzene rings is 11. The molecule has 75 heavy (non-hydrogen) atoms. The van der Waals surface area contributed by atoms with Gasteiger partial charge in [0, 0.05) is 40.0 Å². The van der Waals surface area contributed by atoms with Gasteiger partial charge in [0.15, 0.2) is 0 Å². The molecule has 11 aromatic carbocycles. The average Bonchev–Trinajstić information content (AvgIpc) is 4.09. The summed E-state index contributed by atoms with van der Waals surface area (Å²) in [6.07, 6.45) is 9.92. The normalized spacial score (nSPS) is 15.5. The first-order valence-corrected chi connectivity index (χ1v) is 26.2. The Balaban J connectivity index is 0.951. The molecule has 3 aliphatic rings. The SMILES string of the molecule is C1=CCC(c2ccc(N(c3ccc(-c4ccccc4)cc3)c3ccc4c(c3)C3(c5ccccc5-c5ccc(N(c6ccc(-c7ccccc7)cc6)c6ccc(-c7ccccc7)cc6)cc53)c3ccccc3-4)cc2)C=C1. The summed E-state index contributed by atoms with van der Waals surface area (Å²) < 4.78 is 0. The van der Waals surface area contributed by atoms with Crippen molar-refractivity contribution < 1.29 is 0 Å². The number of anilines is 6. The van der Waals surface area contributed by atoms with Gasteiger partial charge in [0.1, 0.15) is 0 Å². The minimum Gasteiger partial charge on any atom is -0.310 e. The van der Waals surface area contributed by atoms with E-state index in [-0.39, 0.29) is 0 Å². The first kappa shape index (κ1) is 44.2. The van der Waals surface area contributed by atoms with E-state index in [1.165, 1.54) is 83.5 Å². The van der Waals surface area contributed by atoms with E-state index in [0.717, 1.165) is 40.5 Å². The molecular formula is C73H52N2. The Morgan fingerprint density at radius 1 is 0.280 bits per heavy atom. The van der Waals surface area contributed by atoms with Crippen LogP contribution < -0.4 is 9.80 Å². The van der Waals surface area contributed by atoms with Crippen molar-refractivity contribution in [1.29, 1.82) is 0 Å². The quantitative estimate of drug-likeness (QED) is 0.135. The van der Waals surface area contributed by atoms with E-state index >= 15 is 0 Å². The lowest BCUT2D eigenvalue weighted by Gasteiger charge is -2.33. The number of rotatable bonds is 10. The van der Waals surface area contributed by atoms with Gasteiger partial charge in [-0.3, -0.25) is 0 Å². The van der Waals surface area contributed by atoms with Gasteiger partial charge in [0.2, 0.25) is 0 Å². The molecule has 11 aromatic rings. The van der Waals surface area contributed by atoms with Crippen molar-refractivity contribution in [2.75, 3.05) is 9.80 Å². The molecular weight excluding hydrogens is 905 g/mol. The van der Waals surface area contributed by atoms with Gasteiger partial charge in [-0.25, -0.2) is 0 Å². The van der Waals surface area contributed by atoms with E-state index in [2.05, 4.69) is 307 Å². The predicted molar refractivity (Wildman–Crippen MR) is 314 cm³/mol. The van der Waals surface area contributed by atoms with Gasteiger partial charge >= 0.3 is 0 Å². The number of hydrogen-bond acceptors (Lipinski definition) is 2. The van der Waals surface area contributed by atoms with Gasteiger partial charge in [-0.15, -0.1) is 0 Å². The van der Waals surface area contributed by atoms with Gasteiger partial charge in [-0.2, -0.15) is 0 Å². The molecule has 14 rings (SSSR count). The molecule has 0 amide bonds. The van der Waals surface area contributed by atoms with Crippen LogP contribution in [-0.2, 0) is 5.41 Å². The van der Waals surface area contributed by atoms with Crippen molar-refractivity contribution in [3.8, 4) is 55.6 Å². The fraction of sp³-hybridized carbons (Fsp3) is 0.0411. The molecule has 3 aliphatic carbocycles. The van der Waals surface area contributed by atoms with Crippen molar-refractivity contribution in [2.24, 2.45) is 0 Å². The van der Waals surface area contributed by atoms with Crippen LogP contribution in [0.3, 0.4) is 0 Å². The van der Waals surface area contributed by atoms with Crippen molar-refractivity contribution in [3.63, 3.8) is 0 Å². The summed E-state index contributed by atoms with van der Waals surface area (Å²) in [5.41, 5.74) is 24.8. The second-order valence-corrected chi connectivity index (χ2v) is 20.0. The molecule has 0 N–H and O–H groups in total. The molecule has 0 aromatic heterocycles. The molecule has 354 valence electrons. The zero-order valence-electron chi connectivity index (χ0n) is 41.5. The summed E-state index contributed by atoms with van der Waals surface area (Å²) in [5.74, 6) is 0.367. The Morgan fingerprint density at radius 2 is 0.613 bits per heavy atom. The average molecular weight is 957 g/mol. The van der Waals surface area contributed by atoms with Crippen LogP contribution in [0.5, 0.6) is 0 Å². The third kappa shape index (κ3) is 7.56. The summed E-state index contributed by atoms with van der Waals surface area (Å²) in [5, 5.41) is 0. The van der Waals surface area contributed by atoms with Gasteiger partial charge in [0.05, 0.1) is 5.41 Å². The number of hydrogen-bond donors (Lipinski definition) is 0. The standard InChI is InChI=1S/C73H52N2/c1-5-17-51(18-6-1)55-29-37-59(38-30-55)74(60-39-31-56(32-40-60)52-19-7-2-8-20-52)63-45-47-67-65-25-13-15-27-69(65)73(71(67)49-63)70-28-16-14-26-66(70)68-48-46-64(50-72(68)73)75(61-41-33-57(34-42-61)53-21-9-3-10-22-53)62-43-35-58(36-44-62)54-23-11-4-12-24-54/h1-23,25-50,54H,24H2. The van der Waals surface area contributed by atoms with E-state index in [9.17, 15) is 0 Å². The largest absolute Gasteiger partial charge is 0.310 e. The highest BCUT2D eigenvalue weighted by Crippen LogP contribution is 2.64. The minimum atomic E-state index is -0.600. The van der Waals surface area contributed by atoms with E-state index in [4.69, 9.17) is 0 Å². The van der Waals surface area contributed by atoms with Crippen LogP contribution in [0.1, 0.15) is 40.2 Å². The molecule has 2 heteroatoms. The van der Waals surface area contributed by atoms with Crippen LogP contribution in [-0.4, -0.2) is 0 Å². The van der Waals surface area contributed by atoms with Gasteiger partial charge in [-0.05, 0) is 163 Å². The maximum atomic E-state index is 2.50. The highest BCUT2D eigenvalue weighted by Gasteiger charge is 2.52. The molecule has 0 saturated heterocycles. The molecule has 2 unspecified atom stereocenters. The van der Waals surface area contributed by atoms with E-state index in [0.29, 0.717) is 5.92 Å². The van der Waals surface area contributed by atoms with E-state index in [1.54, 1.807) is 0 Å². The number of allylic oxidation sites excluding steroid dienone is 4. The van der Waals surface area contributed by atoms with Gasteiger partial charge < -0.3 is 9.80 Å². The van der Waals surface area contributed by atoms with Crippen molar-refractivity contribution in [3.05, 3.63) is 325 Å². The molecule has 0 heterocycles. The smallest absolute Gasteiger partial charge is 0.0727 e. The highest BCUT2D eigenvalue weighted by atomic mass is 15.1. The van der Waals surface area contributed by atoms with Crippen LogP contribution in [0.15, 0.2) is 297 Å². The Labute approximate surface area is 440 Å². The fourth-order valence-corrected chi connectivity index (χ4v) is 12.3. The lowest BCUT2D eigenvalue weighted by molar-refractivity contribution is 0.793. The zero-order chi connectivity index (χ0) is 49.7. The zero-order valence-corrected chi connectivity index (χ0v) is 41.5. The molecule has 1 spiro atoms. The molecule has 2 nitrogen and oxygen atoms in total. The van der Waals surface area contributed by atoms with E-state index < -0.39 is 5.41 Å². The second-order valence-electron chi connectivity index (χ2n) is 20.0. The van der Waals surface area contributed by atoms with Crippen LogP contribution in [0.4, 0.5) is 34.1 Å². The summed E-state index contributed by atoms with van der Waals surface area (Å²) in [6, 6.07) is 101. The Morgan fingerprint density at radius 3 is 1.00 bits per heavy atom. The monoisotopic (exact) mass is 956 g/mol. The van der Waals surface area contributed by atoms with Crippen LogP contribution in [0, 0.1) is 0 Å². The fourth-order valence-electron chi connectivity index (χ4n) is 12.3. The van der Waals surface area contributed by atoms with Crippen molar-refractivity contribution in [1.82, 2.24) is 0 Å². The Bertz CT molecular complexity index is 3840. The molecule has 0 radical (unpaired) electrons. The second kappa shape index (κ2) is 18.5. The van der Waals surface area contributed by atoms with Gasteiger partial charge in [-0.1, -0.05) is 224 Å². The van der Waals surface area contributed by atoms with E-state index in [1.807, 2.05) is 0 Å². The Kier molecular flexibility index (Phi) is 10.9. The summed E-state index contributed by atoms with van der Waals surface area (Å²) in [4.78, 5) is 4.88. The number of fused-ring (bicyclic) bond motifs is 10. The van der Waals surface area contributed by atoms with Crippen molar-refractivity contribution >= 4 is 34.1 Å². The topological polar surface area (TPSA) is 6.48 Å². The predicted octanol–water partition coefficient (Wildman–Crippen LogP) is 19.6. The molecule has 0 saturated carbocycles. The van der Waals surface area contributed by atoms with Crippen LogP contribution in [0.2, 0.25) is 0 Å². The first-order valence-electron chi connectivity index (χ1n) is 26.2. The third-order valence-corrected chi connectivity index (χ3v) is 15.8. The molecule has 2 atom stereocenters. The van der Waals surface area contributed by atoms with Gasteiger partial charge in [0.25, 0.3) is 0 Å². The summed E-state index contributed by atoms with van der Waals surface area (Å²) >= 11 is 0. The first-order chi connectivity index (χ1) is 37.2. The molecule has 0 aliphatic heterocycles. The molecule has 0 bridgehead atoms. The minimum absolute atomic E-state index is 0.367. The van der Waals surface area contributed by atoms with Crippen LogP contribution in [0.25, 0.3) is 55.6 Å². The highest BCUT2D eigenvalue weighted by molar-refractivity contribution is 5.98. The maximum absolute atomic E-state index is 2.50. The lowest BCUT2D eigenvalue weighted by Crippen LogP contribution is -2.26. The lowest BCUT2D eigenvalue weighted by atomic mass is 9.70. The third-order valence-electron chi connectivity index (χ3n) is 15.8. The van der Waals surface area contributed by atoms with Crippen LogP contribution >= 0.6 is 0 Å². The van der Waals surface area contributed by atoms with Crippen molar-refractivity contribution in [2.45, 2.75) is 17.8 Å². The summed E-state index contributed by atoms with van der Waals surface area (Å²) in [7, 11) is 0. The number of nitrogens with zero attached hydrogens (tertiary/aromatic N) is 2.